The van der Waals surface area contributed by atoms with Crippen LogP contribution < -0.4 is 11.2 Å². The molecular formula is C36H47N5O3. The fourth-order valence-corrected chi connectivity index (χ4v) is 5.87. The van der Waals surface area contributed by atoms with Gasteiger partial charge in [-0.15, -0.1) is 0 Å². The van der Waals surface area contributed by atoms with E-state index in [0.29, 0.717) is 45.2 Å². The maximum absolute atomic E-state index is 14.2. The van der Waals surface area contributed by atoms with Gasteiger partial charge in [-0.25, -0.2) is 5.01 Å². The molecule has 1 aliphatic heterocycles. The van der Waals surface area contributed by atoms with Crippen molar-refractivity contribution >= 4 is 28.5 Å². The van der Waals surface area contributed by atoms with Crippen LogP contribution in [0.2, 0.25) is 0 Å². The van der Waals surface area contributed by atoms with E-state index in [-0.39, 0.29) is 17.7 Å². The van der Waals surface area contributed by atoms with E-state index in [1.807, 2.05) is 67.3 Å². The van der Waals surface area contributed by atoms with Crippen molar-refractivity contribution in [3.05, 3.63) is 96.1 Å². The smallest absolute Gasteiger partial charge is 0.246 e. The summed E-state index contributed by atoms with van der Waals surface area (Å²) in [5, 5.41) is 3.88. The summed E-state index contributed by atoms with van der Waals surface area (Å²) in [6.07, 6.45) is 5.87. The first kappa shape index (κ1) is 32.9. The predicted molar refractivity (Wildman–Crippen MR) is 176 cm³/mol. The molecule has 1 saturated heterocycles. The van der Waals surface area contributed by atoms with Gasteiger partial charge < -0.3 is 15.5 Å². The summed E-state index contributed by atoms with van der Waals surface area (Å²) in [7, 11) is 5.30. The third-order valence-electron chi connectivity index (χ3n) is 8.47. The first-order valence-corrected chi connectivity index (χ1v) is 15.4. The van der Waals surface area contributed by atoms with Crippen LogP contribution in [0.15, 0.2) is 84.9 Å². The number of hydrazine groups is 1. The molecule has 4 rings (SSSR count). The summed E-state index contributed by atoms with van der Waals surface area (Å²) >= 11 is 0. The van der Waals surface area contributed by atoms with Crippen LogP contribution in [0.4, 0.5) is 0 Å². The van der Waals surface area contributed by atoms with Gasteiger partial charge in [-0.3, -0.25) is 19.8 Å². The molecule has 0 spiro atoms. The molecule has 3 amide bonds. The topological polar surface area (TPSA) is 99.0 Å². The lowest BCUT2D eigenvalue weighted by molar-refractivity contribution is -0.147. The van der Waals surface area contributed by atoms with Gasteiger partial charge in [-0.1, -0.05) is 78.9 Å². The summed E-state index contributed by atoms with van der Waals surface area (Å²) in [4.78, 5) is 44.5. The van der Waals surface area contributed by atoms with Gasteiger partial charge in [-0.05, 0) is 67.5 Å². The van der Waals surface area contributed by atoms with Gasteiger partial charge in [0.1, 0.15) is 6.04 Å². The summed E-state index contributed by atoms with van der Waals surface area (Å²) < 4.78 is 0. The lowest BCUT2D eigenvalue weighted by Crippen LogP contribution is -2.56. The molecule has 0 unspecified atom stereocenters. The second-order valence-electron chi connectivity index (χ2n) is 13.0. The molecule has 234 valence electrons. The summed E-state index contributed by atoms with van der Waals surface area (Å²) in [5.41, 5.74) is 10.1. The van der Waals surface area contributed by atoms with Crippen LogP contribution in [-0.2, 0) is 27.2 Å². The average Bonchev–Trinajstić information content (AvgIpc) is 2.99. The van der Waals surface area contributed by atoms with E-state index in [4.69, 9.17) is 5.73 Å². The normalized spacial score (nSPS) is 15.8. The van der Waals surface area contributed by atoms with E-state index in [9.17, 15) is 14.4 Å². The predicted octanol–water partition coefficient (Wildman–Crippen LogP) is 4.34. The van der Waals surface area contributed by atoms with Crippen molar-refractivity contribution in [1.29, 1.82) is 0 Å². The number of likely N-dealkylation sites (tertiary alicyclic amines) is 1. The number of fused-ring (bicyclic) bond motifs is 1. The number of carbonyl (C=O) groups excluding carboxylic acids is 3. The number of nitrogens with one attached hydrogen (secondary N) is 1. The average molecular weight is 598 g/mol. The van der Waals surface area contributed by atoms with Gasteiger partial charge in [0.15, 0.2) is 0 Å². The molecule has 3 aromatic carbocycles. The molecule has 3 aromatic rings. The minimum absolute atomic E-state index is 0.0357. The lowest BCUT2D eigenvalue weighted by atomic mass is 9.73. The number of nitrogens with zero attached hydrogens (tertiary/aromatic N) is 3. The van der Waals surface area contributed by atoms with E-state index >= 15 is 0 Å². The minimum atomic E-state index is -0.698. The molecule has 0 radical (unpaired) electrons. The van der Waals surface area contributed by atoms with Crippen molar-refractivity contribution in [2.24, 2.45) is 11.1 Å². The number of likely N-dealkylation sites (N-methyl/N-ethyl adjacent to an activating group) is 1. The highest BCUT2D eigenvalue weighted by Crippen LogP contribution is 2.36. The largest absolute Gasteiger partial charge is 0.341 e. The zero-order chi connectivity index (χ0) is 31.9. The van der Waals surface area contributed by atoms with Crippen LogP contribution >= 0.6 is 0 Å². The molecule has 1 atom stereocenters. The van der Waals surface area contributed by atoms with Gasteiger partial charge >= 0.3 is 0 Å². The second kappa shape index (κ2) is 14.2. The lowest BCUT2D eigenvalue weighted by Gasteiger charge is -2.43. The fourth-order valence-electron chi connectivity index (χ4n) is 5.87. The van der Waals surface area contributed by atoms with Crippen LogP contribution in [0.1, 0.15) is 44.2 Å². The molecule has 44 heavy (non-hydrogen) atoms. The number of hydrogen-bond acceptors (Lipinski definition) is 5. The Bertz CT molecular complexity index is 1470. The first-order valence-electron chi connectivity index (χ1n) is 15.4. The van der Waals surface area contributed by atoms with Gasteiger partial charge in [0.25, 0.3) is 0 Å². The van der Waals surface area contributed by atoms with E-state index < -0.39 is 17.0 Å². The third kappa shape index (κ3) is 8.55. The molecule has 0 aliphatic carbocycles. The second-order valence-corrected chi connectivity index (χ2v) is 13.0. The summed E-state index contributed by atoms with van der Waals surface area (Å²) in [5.74, 6) is -0.386. The summed E-state index contributed by atoms with van der Waals surface area (Å²) in [6, 6.07) is 23.6. The molecule has 8 heteroatoms. The number of carbonyl (C=O) groups is 3. The SMILES string of the molecule is CN(C)NC(=O)C1(Cc2ccccc2)CCN(C(=O)[C@@H](Cc2ccc3ccccc3c2)N(C)C(=O)C=CCC(C)(C)N)CC1. The van der Waals surface area contributed by atoms with E-state index in [1.165, 1.54) is 6.08 Å². The minimum Gasteiger partial charge on any atom is -0.341 e. The number of benzene rings is 3. The molecule has 1 fully saturated rings. The van der Waals surface area contributed by atoms with E-state index in [0.717, 1.165) is 21.9 Å². The van der Waals surface area contributed by atoms with Crippen molar-refractivity contribution in [3.63, 3.8) is 0 Å². The Kier molecular flexibility index (Phi) is 10.6. The van der Waals surface area contributed by atoms with Crippen LogP contribution in [0.5, 0.6) is 0 Å². The van der Waals surface area contributed by atoms with Crippen molar-refractivity contribution in [2.75, 3.05) is 34.2 Å². The third-order valence-corrected chi connectivity index (χ3v) is 8.47. The molecule has 8 nitrogen and oxygen atoms in total. The molecule has 1 heterocycles. The molecule has 0 bridgehead atoms. The molecule has 1 aliphatic rings. The Morgan fingerprint density at radius 1 is 0.932 bits per heavy atom. The van der Waals surface area contributed by atoms with Gasteiger partial charge in [0.2, 0.25) is 17.7 Å². The Hall–Kier alpha value is -4.01. The number of hydrogen-bond donors (Lipinski definition) is 2. The van der Waals surface area contributed by atoms with Crippen LogP contribution in [0.3, 0.4) is 0 Å². The standard InChI is InChI=1S/C36H47N5O3/c1-35(2,37)19-11-16-32(42)40(5)31(25-28-17-18-29-14-9-10-15-30(29)24-28)33(43)41-22-20-36(21-23-41,34(44)38-39(3)4)26-27-12-7-6-8-13-27/h6-18,24,31H,19-23,25-26,37H2,1-5H3,(H,38,44)/t31-/m1/s1. The Balaban J connectivity index is 1.57. The molecule has 0 aromatic heterocycles. The monoisotopic (exact) mass is 597 g/mol. The molecule has 3 N–H and O–H groups in total. The first-order chi connectivity index (χ1) is 20.9. The Morgan fingerprint density at radius 2 is 1.57 bits per heavy atom. The Morgan fingerprint density at radius 3 is 2.20 bits per heavy atom. The molecular weight excluding hydrogens is 550 g/mol. The maximum Gasteiger partial charge on any atom is 0.246 e. The Labute approximate surface area is 261 Å². The molecule has 0 saturated carbocycles. The fraction of sp³-hybridized carbons (Fsp3) is 0.417. The van der Waals surface area contributed by atoms with E-state index in [1.54, 1.807) is 37.1 Å². The van der Waals surface area contributed by atoms with Crippen LogP contribution in [-0.4, -0.2) is 78.3 Å². The van der Waals surface area contributed by atoms with Crippen molar-refractivity contribution in [2.45, 2.75) is 57.5 Å². The number of amides is 3. The zero-order valence-corrected chi connectivity index (χ0v) is 26.8. The summed E-state index contributed by atoms with van der Waals surface area (Å²) in [6.45, 7) is 4.68. The highest BCUT2D eigenvalue weighted by atomic mass is 16.2. The number of rotatable bonds is 11. The van der Waals surface area contributed by atoms with Gasteiger partial charge in [0, 0.05) is 46.2 Å². The van der Waals surface area contributed by atoms with Crippen LogP contribution in [0, 0.1) is 5.41 Å². The van der Waals surface area contributed by atoms with Gasteiger partial charge in [-0.2, -0.15) is 0 Å². The van der Waals surface area contributed by atoms with Gasteiger partial charge in [0.05, 0.1) is 5.41 Å². The zero-order valence-electron chi connectivity index (χ0n) is 26.8. The quantitative estimate of drug-likeness (QED) is 0.253. The highest BCUT2D eigenvalue weighted by Gasteiger charge is 2.44. The van der Waals surface area contributed by atoms with Crippen molar-refractivity contribution in [3.8, 4) is 0 Å². The highest BCUT2D eigenvalue weighted by molar-refractivity contribution is 5.93. The number of nitrogens with two attached hydrogens (primary N) is 1. The van der Waals surface area contributed by atoms with Crippen LogP contribution in [0.25, 0.3) is 10.8 Å². The van der Waals surface area contributed by atoms with E-state index in [2.05, 4.69) is 29.7 Å². The number of piperidine rings is 1. The van der Waals surface area contributed by atoms with Crippen molar-refractivity contribution in [1.82, 2.24) is 20.2 Å². The maximum atomic E-state index is 14.2. The van der Waals surface area contributed by atoms with Crippen molar-refractivity contribution < 1.29 is 14.4 Å².